The first-order chi connectivity index (χ1) is 7.74. The van der Waals surface area contributed by atoms with E-state index in [4.69, 9.17) is 5.84 Å². The van der Waals surface area contributed by atoms with E-state index in [9.17, 15) is 8.78 Å². The van der Waals surface area contributed by atoms with E-state index in [2.05, 4.69) is 10.4 Å². The number of fused-ring (bicyclic) bond motifs is 1. The van der Waals surface area contributed by atoms with E-state index in [1.807, 2.05) is 0 Å². The Hall–Kier alpha value is -1.59. The molecule has 5 heteroatoms. The second-order valence-electron chi connectivity index (χ2n) is 3.40. The zero-order chi connectivity index (χ0) is 11.5. The molecule has 2 rings (SSSR count). The van der Waals surface area contributed by atoms with Crippen LogP contribution in [0.1, 0.15) is 11.6 Å². The number of hydrogen-bond donors (Lipinski definition) is 2. The van der Waals surface area contributed by atoms with Gasteiger partial charge in [0, 0.05) is 11.6 Å². The van der Waals surface area contributed by atoms with E-state index in [1.54, 1.807) is 36.5 Å². The van der Waals surface area contributed by atoms with Gasteiger partial charge in [-0.05, 0) is 17.7 Å². The first kappa shape index (κ1) is 10.9. The molecule has 0 amide bonds. The van der Waals surface area contributed by atoms with Crippen molar-refractivity contribution in [3.8, 4) is 0 Å². The number of nitrogens with zero attached hydrogens (tertiary/aromatic N) is 1. The zero-order valence-corrected chi connectivity index (χ0v) is 8.40. The van der Waals surface area contributed by atoms with Crippen molar-refractivity contribution in [1.82, 2.24) is 10.4 Å². The van der Waals surface area contributed by atoms with Crippen molar-refractivity contribution >= 4 is 10.9 Å². The predicted octanol–water partition coefficient (Wildman–Crippen LogP) is 2.00. The Morgan fingerprint density at radius 1 is 1.19 bits per heavy atom. The summed E-state index contributed by atoms with van der Waals surface area (Å²) in [6.45, 7) is 0. The summed E-state index contributed by atoms with van der Waals surface area (Å²) in [6.07, 6.45) is -0.935. The van der Waals surface area contributed by atoms with Crippen LogP contribution in [0.15, 0.2) is 36.5 Å². The molecule has 1 heterocycles. The van der Waals surface area contributed by atoms with Crippen LogP contribution in [0.4, 0.5) is 8.78 Å². The zero-order valence-electron chi connectivity index (χ0n) is 8.40. The maximum atomic E-state index is 12.8. The number of benzene rings is 1. The van der Waals surface area contributed by atoms with Crippen LogP contribution in [0, 0.1) is 0 Å². The lowest BCUT2D eigenvalue weighted by atomic mass is 10.0. The van der Waals surface area contributed by atoms with E-state index in [1.165, 1.54) is 0 Å². The van der Waals surface area contributed by atoms with Gasteiger partial charge in [-0.1, -0.05) is 18.2 Å². The summed E-state index contributed by atoms with van der Waals surface area (Å²) in [7, 11) is 0. The first-order valence-corrected chi connectivity index (χ1v) is 4.82. The van der Waals surface area contributed by atoms with Crippen LogP contribution in [0.25, 0.3) is 10.9 Å². The predicted molar refractivity (Wildman–Crippen MR) is 57.8 cm³/mol. The Labute approximate surface area is 91.3 Å². The van der Waals surface area contributed by atoms with Gasteiger partial charge < -0.3 is 0 Å². The highest BCUT2D eigenvalue weighted by molar-refractivity contribution is 5.82. The Balaban J connectivity index is 2.59. The normalized spacial score (nSPS) is 13.2. The molecule has 2 aromatic rings. The van der Waals surface area contributed by atoms with Gasteiger partial charge in [0.2, 0.25) is 0 Å². The largest absolute Gasteiger partial charge is 0.271 e. The molecule has 16 heavy (non-hydrogen) atoms. The van der Waals surface area contributed by atoms with Crippen LogP contribution in [0.5, 0.6) is 0 Å². The number of pyridine rings is 1. The van der Waals surface area contributed by atoms with Crippen molar-refractivity contribution in [2.45, 2.75) is 12.5 Å². The summed E-state index contributed by atoms with van der Waals surface area (Å²) in [6, 6.07) is 7.39. The Kier molecular flexibility index (Phi) is 3.07. The van der Waals surface area contributed by atoms with Gasteiger partial charge in [0.05, 0.1) is 5.52 Å². The molecule has 0 aliphatic heterocycles. The molecule has 0 radical (unpaired) electrons. The molecule has 0 fully saturated rings. The lowest BCUT2D eigenvalue weighted by Crippen LogP contribution is -2.33. The van der Waals surface area contributed by atoms with Crippen molar-refractivity contribution in [3.05, 3.63) is 42.1 Å². The van der Waals surface area contributed by atoms with Crippen molar-refractivity contribution in [3.63, 3.8) is 0 Å². The van der Waals surface area contributed by atoms with Gasteiger partial charge in [0.25, 0.3) is 6.43 Å². The number of halogens is 2. The van der Waals surface area contributed by atoms with Crippen LogP contribution in [0.2, 0.25) is 0 Å². The molecule has 1 atom stereocenters. The summed E-state index contributed by atoms with van der Waals surface area (Å²) in [5.74, 6) is 5.15. The third-order valence-electron chi connectivity index (χ3n) is 2.45. The number of alkyl halides is 2. The maximum absolute atomic E-state index is 12.8. The topological polar surface area (TPSA) is 50.9 Å². The van der Waals surface area contributed by atoms with Crippen LogP contribution < -0.4 is 11.3 Å². The van der Waals surface area contributed by atoms with Crippen LogP contribution in [0.3, 0.4) is 0 Å². The lowest BCUT2D eigenvalue weighted by Gasteiger charge is -2.16. The fraction of sp³-hybridized carbons (Fsp3) is 0.182. The average molecular weight is 223 g/mol. The molecule has 0 aliphatic carbocycles. The van der Waals surface area contributed by atoms with E-state index < -0.39 is 12.5 Å². The van der Waals surface area contributed by atoms with Crippen molar-refractivity contribution in [1.29, 1.82) is 0 Å². The van der Waals surface area contributed by atoms with E-state index in [0.717, 1.165) is 0 Å². The highest BCUT2D eigenvalue weighted by Gasteiger charge is 2.22. The van der Waals surface area contributed by atoms with Crippen molar-refractivity contribution in [2.75, 3.05) is 0 Å². The van der Waals surface area contributed by atoms with Gasteiger partial charge in [0.1, 0.15) is 6.04 Å². The average Bonchev–Trinajstić information content (AvgIpc) is 2.30. The van der Waals surface area contributed by atoms with E-state index >= 15 is 0 Å². The summed E-state index contributed by atoms with van der Waals surface area (Å²) in [4.78, 5) is 4.10. The minimum Gasteiger partial charge on any atom is -0.271 e. The molecule has 0 aliphatic rings. The molecule has 0 spiro atoms. The molecule has 1 aromatic heterocycles. The van der Waals surface area contributed by atoms with Crippen LogP contribution in [-0.2, 0) is 0 Å². The van der Waals surface area contributed by atoms with E-state index in [-0.39, 0.29) is 0 Å². The number of nitrogens with two attached hydrogens (primary N) is 1. The fourth-order valence-electron chi connectivity index (χ4n) is 1.70. The van der Waals surface area contributed by atoms with Gasteiger partial charge in [-0.25, -0.2) is 14.2 Å². The highest BCUT2D eigenvalue weighted by Crippen LogP contribution is 2.26. The Morgan fingerprint density at radius 3 is 2.69 bits per heavy atom. The molecular weight excluding hydrogens is 212 g/mol. The molecule has 3 N–H and O–H groups in total. The third kappa shape index (κ3) is 1.87. The molecule has 84 valence electrons. The highest BCUT2D eigenvalue weighted by atomic mass is 19.3. The monoisotopic (exact) mass is 223 g/mol. The molecule has 1 aromatic carbocycles. The summed E-state index contributed by atoms with van der Waals surface area (Å²) < 4.78 is 25.5. The molecule has 1 unspecified atom stereocenters. The second-order valence-corrected chi connectivity index (χ2v) is 3.40. The molecule has 0 saturated heterocycles. The lowest BCUT2D eigenvalue weighted by molar-refractivity contribution is 0.0992. The van der Waals surface area contributed by atoms with Gasteiger partial charge in [-0.2, -0.15) is 0 Å². The Morgan fingerprint density at radius 2 is 2.00 bits per heavy atom. The second kappa shape index (κ2) is 4.51. The number of hydrogen-bond acceptors (Lipinski definition) is 3. The standard InChI is InChI=1S/C11H11F2N3/c12-11(13)10(16-14)8-3-1-5-9-7(8)4-2-6-15-9/h1-6,10-11,16H,14H2. The van der Waals surface area contributed by atoms with Gasteiger partial charge in [-0.3, -0.25) is 10.8 Å². The van der Waals surface area contributed by atoms with Crippen molar-refractivity contribution < 1.29 is 8.78 Å². The van der Waals surface area contributed by atoms with Gasteiger partial charge >= 0.3 is 0 Å². The van der Waals surface area contributed by atoms with Crippen LogP contribution >= 0.6 is 0 Å². The molecule has 0 bridgehead atoms. The van der Waals surface area contributed by atoms with E-state index in [0.29, 0.717) is 16.5 Å². The van der Waals surface area contributed by atoms with Gasteiger partial charge in [-0.15, -0.1) is 0 Å². The minimum atomic E-state index is -2.56. The molecule has 3 nitrogen and oxygen atoms in total. The number of rotatable bonds is 3. The summed E-state index contributed by atoms with van der Waals surface area (Å²) in [5.41, 5.74) is 3.27. The number of aromatic nitrogens is 1. The minimum absolute atomic E-state index is 0.461. The summed E-state index contributed by atoms with van der Waals surface area (Å²) >= 11 is 0. The number of nitrogens with one attached hydrogen (secondary N) is 1. The summed E-state index contributed by atoms with van der Waals surface area (Å²) in [5, 5.41) is 0.688. The van der Waals surface area contributed by atoms with Gasteiger partial charge in [0.15, 0.2) is 0 Å². The molecular formula is C11H11F2N3. The van der Waals surface area contributed by atoms with Crippen LogP contribution in [-0.4, -0.2) is 11.4 Å². The number of hydrazine groups is 1. The Bertz CT molecular complexity index is 482. The quantitative estimate of drug-likeness (QED) is 0.618. The SMILES string of the molecule is NNC(c1cccc2ncccc12)C(F)F. The smallest absolute Gasteiger partial charge is 0.259 e. The maximum Gasteiger partial charge on any atom is 0.259 e. The fourth-order valence-corrected chi connectivity index (χ4v) is 1.70. The third-order valence-corrected chi connectivity index (χ3v) is 2.45. The first-order valence-electron chi connectivity index (χ1n) is 4.82. The molecule has 0 saturated carbocycles. The van der Waals surface area contributed by atoms with Crippen molar-refractivity contribution in [2.24, 2.45) is 5.84 Å².